The van der Waals surface area contributed by atoms with Gasteiger partial charge in [-0.05, 0) is 52.2 Å². The van der Waals surface area contributed by atoms with Crippen molar-refractivity contribution in [1.29, 1.82) is 0 Å². The quantitative estimate of drug-likeness (QED) is 0.378. The largest absolute Gasteiger partial charge is 0.444 e. The first-order valence-electron chi connectivity index (χ1n) is 9.44. The number of halogens is 1. The molecule has 154 valence electrons. The average Bonchev–Trinajstić information content (AvgIpc) is 3.10. The van der Waals surface area contributed by atoms with Gasteiger partial charge in [-0.15, -0.1) is 24.0 Å². The lowest BCUT2D eigenvalue weighted by Gasteiger charge is -2.37. The Hall–Kier alpha value is -1.45. The summed E-state index contributed by atoms with van der Waals surface area (Å²) in [6.07, 6.45) is 6.99. The van der Waals surface area contributed by atoms with E-state index in [1.54, 1.807) is 7.05 Å². The van der Waals surface area contributed by atoms with E-state index in [2.05, 4.69) is 20.2 Å². The second-order valence-electron chi connectivity index (χ2n) is 7.62. The summed E-state index contributed by atoms with van der Waals surface area (Å²) >= 11 is 0. The summed E-state index contributed by atoms with van der Waals surface area (Å²) in [4.78, 5) is 18.6. The number of piperidine rings is 1. The zero-order valence-corrected chi connectivity index (χ0v) is 19.2. The molecule has 1 fully saturated rings. The zero-order chi connectivity index (χ0) is 19.0. The molecule has 1 aliphatic rings. The number of hydrogen-bond donors (Lipinski definition) is 2. The number of ether oxygens (including phenoxy) is 1. The maximum absolute atomic E-state index is 12.5. The molecule has 0 saturated carbocycles. The van der Waals surface area contributed by atoms with E-state index in [1.807, 2.05) is 50.2 Å². The van der Waals surface area contributed by atoms with Gasteiger partial charge in [0.1, 0.15) is 5.60 Å². The van der Waals surface area contributed by atoms with Crippen molar-refractivity contribution in [3.05, 3.63) is 24.5 Å². The molecule has 7 nitrogen and oxygen atoms in total. The summed E-state index contributed by atoms with van der Waals surface area (Å²) in [6.45, 7) is 8.79. The fourth-order valence-corrected chi connectivity index (χ4v) is 3.03. The summed E-state index contributed by atoms with van der Waals surface area (Å²) < 4.78 is 7.67. The molecule has 1 unspecified atom stereocenters. The highest BCUT2D eigenvalue weighted by molar-refractivity contribution is 14.0. The first-order valence-corrected chi connectivity index (χ1v) is 9.44. The first kappa shape index (κ1) is 23.6. The summed E-state index contributed by atoms with van der Waals surface area (Å²) in [7, 11) is 1.76. The lowest BCUT2D eigenvalue weighted by Crippen LogP contribution is -2.52. The molecule has 0 radical (unpaired) electrons. The van der Waals surface area contributed by atoms with Crippen molar-refractivity contribution in [3.63, 3.8) is 0 Å². The minimum Gasteiger partial charge on any atom is -0.444 e. The molecular formula is C19H34IN5O2. The van der Waals surface area contributed by atoms with Gasteiger partial charge in [-0.1, -0.05) is 0 Å². The van der Waals surface area contributed by atoms with Crippen LogP contribution in [-0.2, 0) is 11.3 Å². The van der Waals surface area contributed by atoms with Gasteiger partial charge in [-0.2, -0.15) is 0 Å². The van der Waals surface area contributed by atoms with Crippen molar-refractivity contribution in [2.75, 3.05) is 26.7 Å². The number of carbonyl (C=O) groups excluding carboxylic acids is 1. The van der Waals surface area contributed by atoms with Gasteiger partial charge in [0, 0.05) is 45.6 Å². The normalized spacial score (nSPS) is 17.9. The van der Waals surface area contributed by atoms with Crippen LogP contribution in [0, 0.1) is 0 Å². The number of guanidine groups is 1. The van der Waals surface area contributed by atoms with Gasteiger partial charge in [0.25, 0.3) is 0 Å². The number of aromatic nitrogens is 1. The van der Waals surface area contributed by atoms with Crippen molar-refractivity contribution in [2.45, 2.75) is 58.2 Å². The zero-order valence-electron chi connectivity index (χ0n) is 16.9. The van der Waals surface area contributed by atoms with Crippen LogP contribution in [0.5, 0.6) is 0 Å². The summed E-state index contributed by atoms with van der Waals surface area (Å²) in [5, 5.41) is 6.66. The molecule has 1 amide bonds. The van der Waals surface area contributed by atoms with Gasteiger partial charge < -0.3 is 24.8 Å². The number of carbonyl (C=O) groups is 1. The van der Waals surface area contributed by atoms with Gasteiger partial charge >= 0.3 is 6.09 Å². The maximum Gasteiger partial charge on any atom is 0.410 e. The standard InChI is InChI=1S/C19H33N5O2.HI/c1-19(2,3)26-18(25)24-13-6-5-9-16(24)15-22-17(20-4)21-10-14-23-11-7-8-12-23;/h7-8,11-12,16H,5-6,9-10,13-15H2,1-4H3,(H2,20,21,22);1H. The Morgan fingerprint density at radius 2 is 1.93 bits per heavy atom. The average molecular weight is 491 g/mol. The van der Waals surface area contributed by atoms with Crippen molar-refractivity contribution < 1.29 is 9.53 Å². The fraction of sp³-hybridized carbons (Fsp3) is 0.684. The number of aliphatic imine (C=N–C) groups is 1. The van der Waals surface area contributed by atoms with E-state index in [4.69, 9.17) is 4.74 Å². The number of amides is 1. The highest BCUT2D eigenvalue weighted by Crippen LogP contribution is 2.20. The van der Waals surface area contributed by atoms with E-state index in [1.165, 1.54) is 0 Å². The van der Waals surface area contributed by atoms with Crippen LogP contribution in [0.2, 0.25) is 0 Å². The van der Waals surface area contributed by atoms with Crippen LogP contribution >= 0.6 is 24.0 Å². The molecule has 0 spiro atoms. The van der Waals surface area contributed by atoms with Crippen molar-refractivity contribution in [1.82, 2.24) is 20.1 Å². The van der Waals surface area contributed by atoms with E-state index in [9.17, 15) is 4.79 Å². The molecule has 8 heteroatoms. The minimum absolute atomic E-state index is 0. The molecule has 1 aromatic heterocycles. The number of nitrogens with one attached hydrogen (secondary N) is 2. The molecule has 1 saturated heterocycles. The molecule has 0 aliphatic carbocycles. The highest BCUT2D eigenvalue weighted by atomic mass is 127. The molecule has 2 rings (SSSR count). The van der Waals surface area contributed by atoms with Crippen molar-refractivity contribution in [3.8, 4) is 0 Å². The first-order chi connectivity index (χ1) is 12.4. The monoisotopic (exact) mass is 491 g/mol. The Morgan fingerprint density at radius 3 is 2.56 bits per heavy atom. The van der Waals surface area contributed by atoms with Crippen molar-refractivity contribution >= 4 is 36.0 Å². The van der Waals surface area contributed by atoms with E-state index < -0.39 is 5.60 Å². The van der Waals surface area contributed by atoms with Crippen molar-refractivity contribution in [2.24, 2.45) is 4.99 Å². The second kappa shape index (κ2) is 11.4. The minimum atomic E-state index is -0.470. The van der Waals surface area contributed by atoms with Crippen LogP contribution in [0.3, 0.4) is 0 Å². The SMILES string of the molecule is CN=C(NCCn1cccc1)NCC1CCCCN1C(=O)OC(C)(C)C.I. The van der Waals surface area contributed by atoms with Crippen LogP contribution in [0.15, 0.2) is 29.5 Å². The Labute approximate surface area is 179 Å². The highest BCUT2D eigenvalue weighted by Gasteiger charge is 2.30. The summed E-state index contributed by atoms with van der Waals surface area (Å²) in [5.41, 5.74) is -0.470. The number of hydrogen-bond acceptors (Lipinski definition) is 3. The topological polar surface area (TPSA) is 70.9 Å². The fourth-order valence-electron chi connectivity index (χ4n) is 3.03. The number of likely N-dealkylation sites (tertiary alicyclic amines) is 1. The molecular weight excluding hydrogens is 457 g/mol. The van der Waals surface area contributed by atoms with Crippen LogP contribution in [0.25, 0.3) is 0 Å². The van der Waals surface area contributed by atoms with Gasteiger partial charge in [0.15, 0.2) is 5.96 Å². The van der Waals surface area contributed by atoms with Gasteiger partial charge in [-0.25, -0.2) is 4.79 Å². The third kappa shape index (κ3) is 8.40. The van der Waals surface area contributed by atoms with E-state index in [-0.39, 0.29) is 36.1 Å². The molecule has 2 N–H and O–H groups in total. The summed E-state index contributed by atoms with van der Waals surface area (Å²) in [6, 6.07) is 4.16. The Balaban J connectivity index is 0.00000364. The molecule has 0 aromatic carbocycles. The van der Waals surface area contributed by atoms with Gasteiger partial charge in [0.05, 0.1) is 6.04 Å². The third-order valence-electron chi connectivity index (χ3n) is 4.31. The molecule has 2 heterocycles. The molecule has 0 bridgehead atoms. The van der Waals surface area contributed by atoms with Gasteiger partial charge in [0.2, 0.25) is 0 Å². The van der Waals surface area contributed by atoms with Crippen LogP contribution in [-0.4, -0.2) is 59.8 Å². The van der Waals surface area contributed by atoms with E-state index in [0.717, 1.165) is 44.9 Å². The molecule has 27 heavy (non-hydrogen) atoms. The Morgan fingerprint density at radius 1 is 1.22 bits per heavy atom. The van der Waals surface area contributed by atoms with Crippen LogP contribution in [0.1, 0.15) is 40.0 Å². The molecule has 1 atom stereocenters. The lowest BCUT2D eigenvalue weighted by atomic mass is 10.0. The molecule has 1 aromatic rings. The smallest absolute Gasteiger partial charge is 0.410 e. The maximum atomic E-state index is 12.5. The predicted molar refractivity (Wildman–Crippen MR) is 120 cm³/mol. The van der Waals surface area contributed by atoms with Gasteiger partial charge in [-0.3, -0.25) is 4.99 Å². The second-order valence-corrected chi connectivity index (χ2v) is 7.62. The number of nitrogens with zero attached hydrogens (tertiary/aromatic N) is 3. The predicted octanol–water partition coefficient (Wildman–Crippen LogP) is 3.06. The van der Waals surface area contributed by atoms with Crippen LogP contribution < -0.4 is 10.6 Å². The van der Waals surface area contributed by atoms with E-state index >= 15 is 0 Å². The van der Waals surface area contributed by atoms with E-state index in [0.29, 0.717) is 6.54 Å². The third-order valence-corrected chi connectivity index (χ3v) is 4.31. The Kier molecular flexibility index (Phi) is 9.97. The number of rotatable bonds is 5. The molecule has 1 aliphatic heterocycles. The van der Waals surface area contributed by atoms with Crippen LogP contribution in [0.4, 0.5) is 4.79 Å². The summed E-state index contributed by atoms with van der Waals surface area (Å²) in [5.74, 6) is 0.756. The lowest BCUT2D eigenvalue weighted by molar-refractivity contribution is 0.0104. The Bertz CT molecular complexity index is 583.